The van der Waals surface area contributed by atoms with Crippen molar-refractivity contribution in [3.8, 4) is 15.4 Å². The normalized spacial score (nSPS) is 22.5. The molecule has 1 saturated carbocycles. The van der Waals surface area contributed by atoms with Crippen LogP contribution in [0, 0.1) is 33.1 Å². The molecule has 6 atom stereocenters. The quantitative estimate of drug-likeness (QED) is 0.0865. The molecule has 6 heterocycles. The molecule has 4 amide bonds. The van der Waals surface area contributed by atoms with Gasteiger partial charge in [0.25, 0.3) is 0 Å². The highest BCUT2D eigenvalue weighted by Crippen LogP contribution is 2.40. The van der Waals surface area contributed by atoms with E-state index in [4.69, 9.17) is 21.3 Å². The Hall–Kier alpha value is -5.37. The molecule has 4 aliphatic rings. The van der Waals surface area contributed by atoms with Gasteiger partial charge in [-0.15, -0.1) is 32.9 Å². The minimum Gasteiger partial charge on any atom is -0.391 e. The molecule has 19 heteroatoms. The van der Waals surface area contributed by atoms with Gasteiger partial charge >= 0.3 is 0 Å². The van der Waals surface area contributed by atoms with Crippen LogP contribution in [-0.2, 0) is 23.9 Å². The molecule has 2 aromatic carbocycles. The molecule has 3 aliphatic heterocycles. The van der Waals surface area contributed by atoms with Gasteiger partial charge in [-0.2, -0.15) is 0 Å². The van der Waals surface area contributed by atoms with Crippen molar-refractivity contribution in [2.75, 3.05) is 19.6 Å². The van der Waals surface area contributed by atoms with Gasteiger partial charge in [-0.1, -0.05) is 68.8 Å². The molecule has 73 heavy (non-hydrogen) atoms. The van der Waals surface area contributed by atoms with Crippen molar-refractivity contribution >= 4 is 63.6 Å². The van der Waals surface area contributed by atoms with E-state index in [0.717, 1.165) is 67.8 Å². The molecule has 3 aromatic heterocycles. The number of likely N-dealkylation sites (tertiary alicyclic amines) is 2. The number of aromatic nitrogens is 4. The van der Waals surface area contributed by atoms with E-state index < -0.39 is 41.6 Å². The second-order valence-electron chi connectivity index (χ2n) is 21.3. The SMILES string of the molecule is Cc1ncsc1-c1ccc([C@H](C)NC(=O)[C@@H]2C[C@@H](O)CN2C(=O)[C@@H](NC(=O)[C@H](C)N2CCC(OC3CC(NC(=O)C[C@@H]4N=C(c5ccc(Cl)cc5)c5c(sc(C)c5C)-n5c(C)nnc54)C3)CC2)C(C)(C)C)cc1. The van der Waals surface area contributed by atoms with Gasteiger partial charge in [0.15, 0.2) is 5.82 Å². The summed E-state index contributed by atoms with van der Waals surface area (Å²) in [7, 11) is 0. The van der Waals surface area contributed by atoms with E-state index in [9.17, 15) is 24.3 Å². The number of thiophene rings is 1. The number of rotatable bonds is 14. The smallest absolute Gasteiger partial charge is 0.246 e. The highest BCUT2D eigenvalue weighted by atomic mass is 35.5. The molecule has 2 saturated heterocycles. The number of carbonyl (C=O) groups excluding carboxylic acids is 4. The number of aliphatic hydroxyl groups excluding tert-OH is 1. The highest BCUT2D eigenvalue weighted by molar-refractivity contribution is 7.15. The third-order valence-corrected chi connectivity index (χ3v) is 17.4. The average Bonchev–Trinajstić information content (AvgIpc) is 4.11. The van der Waals surface area contributed by atoms with Crippen molar-refractivity contribution in [2.45, 2.75) is 155 Å². The van der Waals surface area contributed by atoms with Gasteiger partial charge in [0.05, 0.1) is 58.6 Å². The third-order valence-electron chi connectivity index (χ3n) is 15.0. The summed E-state index contributed by atoms with van der Waals surface area (Å²) in [5.41, 5.74) is 7.94. The first-order valence-corrected chi connectivity index (χ1v) is 27.5. The van der Waals surface area contributed by atoms with Crippen LogP contribution >= 0.6 is 34.3 Å². The maximum absolute atomic E-state index is 14.4. The summed E-state index contributed by atoms with van der Waals surface area (Å²) in [4.78, 5) is 71.4. The molecule has 4 N–H and O–H groups in total. The third kappa shape index (κ3) is 11.2. The number of halogens is 1. The second-order valence-corrected chi connectivity index (χ2v) is 23.8. The number of hydrogen-bond donors (Lipinski definition) is 4. The van der Waals surface area contributed by atoms with E-state index >= 15 is 0 Å². The number of thiazole rings is 1. The van der Waals surface area contributed by atoms with Crippen LogP contribution in [0.25, 0.3) is 15.4 Å². The number of aliphatic hydroxyl groups is 1. The second kappa shape index (κ2) is 21.5. The van der Waals surface area contributed by atoms with Crippen molar-refractivity contribution in [2.24, 2.45) is 10.4 Å². The lowest BCUT2D eigenvalue weighted by molar-refractivity contribution is -0.145. The molecule has 1 aliphatic carbocycles. The molecule has 0 spiro atoms. The summed E-state index contributed by atoms with van der Waals surface area (Å²) in [6, 6.07) is 12.4. The monoisotopic (exact) mass is 1050 g/mol. The summed E-state index contributed by atoms with van der Waals surface area (Å²) in [6.07, 6.45) is 2.28. The summed E-state index contributed by atoms with van der Waals surface area (Å²) in [5.74, 6) is 0.246. The Morgan fingerprint density at radius 2 is 1.59 bits per heavy atom. The number of fused-ring (bicyclic) bond motifs is 3. The Bertz CT molecular complexity index is 2880. The zero-order valence-corrected chi connectivity index (χ0v) is 45.5. The van der Waals surface area contributed by atoms with Gasteiger partial charge in [-0.05, 0) is 101 Å². The zero-order valence-electron chi connectivity index (χ0n) is 43.1. The molecule has 3 fully saturated rings. The number of aryl methyl sites for hydroxylation is 3. The van der Waals surface area contributed by atoms with Gasteiger partial charge in [0.1, 0.15) is 29.0 Å². The maximum Gasteiger partial charge on any atom is 0.246 e. The number of carbonyl (C=O) groups is 4. The van der Waals surface area contributed by atoms with Crippen LogP contribution in [0.4, 0.5) is 0 Å². The number of ether oxygens (including phenoxy) is 1. The van der Waals surface area contributed by atoms with E-state index in [-0.39, 0.29) is 61.4 Å². The molecule has 0 radical (unpaired) electrons. The highest BCUT2D eigenvalue weighted by Gasteiger charge is 2.46. The van der Waals surface area contributed by atoms with Crippen molar-refractivity contribution in [3.05, 3.63) is 104 Å². The number of β-amino-alcohol motifs (C(OH)–C–C–N with tert-alkyl or cyclic N) is 1. The van der Waals surface area contributed by atoms with Crippen molar-refractivity contribution in [3.63, 3.8) is 0 Å². The van der Waals surface area contributed by atoms with Crippen LogP contribution in [0.1, 0.15) is 130 Å². The van der Waals surface area contributed by atoms with Gasteiger partial charge in [-0.25, -0.2) is 4.98 Å². The molecule has 5 aromatic rings. The Morgan fingerprint density at radius 3 is 2.25 bits per heavy atom. The van der Waals surface area contributed by atoms with E-state index in [0.29, 0.717) is 36.8 Å². The fourth-order valence-electron chi connectivity index (χ4n) is 10.5. The standard InChI is InChI=1S/C54H67ClN10O6S2/c1-28-32(5)73-53-45(28)46(35-14-16-37(55)17-15-35)59-42(49-62-61-33(6)65(49)53)25-44(67)58-38-22-41(23-38)71-40-18-20-63(21-19-40)31(4)50(68)60-48(54(7,8)9)52(70)64-26-39(66)24-43(64)51(69)57-29(2)34-10-12-36(13-11-34)47-30(3)56-27-72-47/h10-17,27,29,31,38-43,48,66H,18-26H2,1-9H3,(H,57,69)(H,58,67)(H,60,68)/t29-,31-,38?,39+,41?,42-,43-,48+/m0/s1. The fourth-order valence-corrected chi connectivity index (χ4v) is 12.7. The predicted octanol–water partition coefficient (Wildman–Crippen LogP) is 7.51. The Kier molecular flexibility index (Phi) is 15.4. The summed E-state index contributed by atoms with van der Waals surface area (Å²) in [6.45, 7) is 18.8. The van der Waals surface area contributed by atoms with Gasteiger partial charge in [0.2, 0.25) is 23.6 Å². The lowest BCUT2D eigenvalue weighted by atomic mass is 9.85. The van der Waals surface area contributed by atoms with E-state index in [1.54, 1.807) is 22.7 Å². The van der Waals surface area contributed by atoms with Crippen LogP contribution in [0.15, 0.2) is 59.0 Å². The number of amides is 4. The van der Waals surface area contributed by atoms with Gasteiger partial charge in [-0.3, -0.25) is 33.6 Å². The summed E-state index contributed by atoms with van der Waals surface area (Å²) < 4.78 is 8.58. The molecule has 0 bridgehead atoms. The predicted molar refractivity (Wildman–Crippen MR) is 284 cm³/mol. The molecule has 0 unspecified atom stereocenters. The zero-order chi connectivity index (χ0) is 52.0. The van der Waals surface area contributed by atoms with E-state index in [1.165, 1.54) is 9.78 Å². The number of nitrogens with zero attached hydrogens (tertiary/aromatic N) is 7. The summed E-state index contributed by atoms with van der Waals surface area (Å²) >= 11 is 9.54. The number of piperidine rings is 1. The molecular formula is C54H67ClN10O6S2. The molecule has 9 rings (SSSR count). The van der Waals surface area contributed by atoms with Crippen molar-refractivity contribution < 1.29 is 29.0 Å². The van der Waals surface area contributed by atoms with E-state index in [2.05, 4.69) is 54.4 Å². The van der Waals surface area contributed by atoms with Gasteiger partial charge < -0.3 is 30.7 Å². The van der Waals surface area contributed by atoms with Crippen molar-refractivity contribution in [1.29, 1.82) is 0 Å². The topological polar surface area (TPSA) is 196 Å². The average molecular weight is 1050 g/mol. The van der Waals surface area contributed by atoms with Crippen molar-refractivity contribution in [1.82, 2.24) is 45.5 Å². The number of aliphatic imine (C=N–C) groups is 1. The van der Waals surface area contributed by atoms with Crippen LogP contribution in [0.3, 0.4) is 0 Å². The maximum atomic E-state index is 14.4. The largest absolute Gasteiger partial charge is 0.391 e. The number of hydrogen-bond acceptors (Lipinski definition) is 13. The first kappa shape index (κ1) is 52.5. The first-order valence-electron chi connectivity index (χ1n) is 25.4. The van der Waals surface area contributed by atoms with Crippen LogP contribution in [0.2, 0.25) is 5.02 Å². The Labute approximate surface area is 440 Å². The van der Waals surface area contributed by atoms with Crippen LogP contribution in [-0.4, -0.2) is 126 Å². The lowest BCUT2D eigenvalue weighted by Crippen LogP contribution is -2.60. The Morgan fingerprint density at radius 1 is 0.904 bits per heavy atom. The molecule has 388 valence electrons. The number of nitrogens with one attached hydrogen (secondary N) is 3. The molecule has 16 nitrogen and oxygen atoms in total. The minimum absolute atomic E-state index is 0.00304. The fraction of sp³-hybridized carbons (Fsp3) is 0.519. The molecular weight excluding hydrogens is 984 g/mol. The minimum atomic E-state index is -0.935. The van der Waals surface area contributed by atoms with Crippen LogP contribution < -0.4 is 16.0 Å². The lowest BCUT2D eigenvalue weighted by Gasteiger charge is -2.41. The number of benzene rings is 2. The van der Waals surface area contributed by atoms with E-state index in [1.807, 2.05) is 103 Å². The van der Waals surface area contributed by atoms with Gasteiger partial charge in [0, 0.05) is 53.1 Å². The first-order chi connectivity index (χ1) is 34.7. The Balaban J connectivity index is 0.748. The summed E-state index contributed by atoms with van der Waals surface area (Å²) in [5, 5.41) is 30.7. The van der Waals surface area contributed by atoms with Crippen LogP contribution in [0.5, 0.6) is 0 Å².